The molecule has 3 rings (SSSR count). The van der Waals surface area contributed by atoms with Gasteiger partial charge in [0.1, 0.15) is 0 Å². The number of allylic oxidation sites excluding steroid dienone is 1. The Kier molecular flexibility index (Phi) is 4.07. The van der Waals surface area contributed by atoms with Crippen LogP contribution in [0.1, 0.15) is 18.1 Å². The van der Waals surface area contributed by atoms with Crippen LogP contribution in [0.25, 0.3) is 22.6 Å². The van der Waals surface area contributed by atoms with E-state index in [9.17, 15) is 10.1 Å². The van der Waals surface area contributed by atoms with Gasteiger partial charge in [-0.2, -0.15) is 5.26 Å². The van der Waals surface area contributed by atoms with Crippen molar-refractivity contribution in [2.75, 3.05) is 0 Å². The summed E-state index contributed by atoms with van der Waals surface area (Å²) in [5, 5.41) is 10.4. The van der Waals surface area contributed by atoms with E-state index in [0.717, 1.165) is 16.5 Å². The summed E-state index contributed by atoms with van der Waals surface area (Å²) in [5.41, 5.74) is 2.67. The van der Waals surface area contributed by atoms with E-state index in [1.54, 1.807) is 10.6 Å². The number of rotatable bonds is 3. The van der Waals surface area contributed by atoms with Crippen molar-refractivity contribution in [2.24, 2.45) is 0 Å². The summed E-state index contributed by atoms with van der Waals surface area (Å²) >= 11 is 0. The van der Waals surface area contributed by atoms with Gasteiger partial charge in [-0.15, -0.1) is 0 Å². The van der Waals surface area contributed by atoms with Crippen LogP contribution in [0.3, 0.4) is 0 Å². The Bertz CT molecular complexity index is 976. The lowest BCUT2D eigenvalue weighted by atomic mass is 10.0. The predicted molar refractivity (Wildman–Crippen MR) is 93.8 cm³/mol. The Hall–Kier alpha value is -3.12. The van der Waals surface area contributed by atoms with Crippen LogP contribution in [0.5, 0.6) is 0 Å². The molecule has 0 spiro atoms. The number of benzene rings is 2. The molecule has 112 valence electrons. The monoisotopic (exact) mass is 300 g/mol. The number of nitrogens with zero attached hydrogens (tertiary/aromatic N) is 2. The molecule has 23 heavy (non-hydrogen) atoms. The normalized spacial score (nSPS) is 11.4. The Morgan fingerprint density at radius 1 is 1.13 bits per heavy atom. The molecule has 3 nitrogen and oxygen atoms in total. The fraction of sp³-hybridized carbons (Fsp3) is 0.100. The lowest BCUT2D eigenvalue weighted by Crippen LogP contribution is -2.21. The number of aryl methyl sites for hydroxylation is 1. The maximum atomic E-state index is 12.7. The van der Waals surface area contributed by atoms with E-state index in [4.69, 9.17) is 0 Å². The van der Waals surface area contributed by atoms with E-state index < -0.39 is 0 Å². The summed E-state index contributed by atoms with van der Waals surface area (Å²) in [5.74, 6) is 0. The second-order valence-electron chi connectivity index (χ2n) is 5.24. The minimum atomic E-state index is -0.0742. The number of hydrogen-bond donors (Lipinski definition) is 0. The number of nitriles is 1. The first kappa shape index (κ1) is 14.8. The number of aromatic nitrogens is 1. The molecular weight excluding hydrogens is 284 g/mol. The molecule has 2 aromatic carbocycles. The molecule has 0 amide bonds. The topological polar surface area (TPSA) is 45.8 Å². The van der Waals surface area contributed by atoms with Crippen LogP contribution in [-0.2, 0) is 6.54 Å². The van der Waals surface area contributed by atoms with E-state index in [1.165, 1.54) is 0 Å². The van der Waals surface area contributed by atoms with Crippen LogP contribution in [0.2, 0.25) is 0 Å². The first-order valence-electron chi connectivity index (χ1n) is 7.54. The van der Waals surface area contributed by atoms with Gasteiger partial charge < -0.3 is 4.57 Å². The lowest BCUT2D eigenvalue weighted by Gasteiger charge is -2.09. The van der Waals surface area contributed by atoms with E-state index in [-0.39, 0.29) is 5.56 Å². The Labute approximate surface area is 134 Å². The van der Waals surface area contributed by atoms with Gasteiger partial charge in [0.25, 0.3) is 5.56 Å². The van der Waals surface area contributed by atoms with Gasteiger partial charge in [0.15, 0.2) is 0 Å². The summed E-state index contributed by atoms with van der Waals surface area (Å²) in [6.45, 7) is 2.54. The zero-order valence-electron chi connectivity index (χ0n) is 12.9. The number of pyridine rings is 1. The van der Waals surface area contributed by atoms with Crippen LogP contribution in [0.4, 0.5) is 0 Å². The highest BCUT2D eigenvalue weighted by Gasteiger charge is 2.08. The van der Waals surface area contributed by atoms with Crippen LogP contribution in [0.15, 0.2) is 65.5 Å². The molecule has 0 atom stereocenters. The standard InChI is InChI=1S/C20H16N2O/c1-2-22-19-11-7-6-10-16(19)12-17(20(22)23)13-18(14-21)15-8-4-3-5-9-15/h3-13H,2H2,1H3/b18-13+. The average Bonchev–Trinajstić information content (AvgIpc) is 2.61. The molecule has 1 aromatic heterocycles. The minimum absolute atomic E-state index is 0.0742. The smallest absolute Gasteiger partial charge is 0.258 e. The van der Waals surface area contributed by atoms with E-state index >= 15 is 0 Å². The molecule has 0 bridgehead atoms. The summed E-state index contributed by atoms with van der Waals surface area (Å²) in [6, 6.07) is 21.2. The lowest BCUT2D eigenvalue weighted by molar-refractivity contribution is 0.758. The predicted octanol–water partition coefficient (Wildman–Crippen LogP) is 4.09. The van der Waals surface area contributed by atoms with Crippen molar-refractivity contribution in [2.45, 2.75) is 13.5 Å². The number of para-hydroxylation sites is 1. The maximum Gasteiger partial charge on any atom is 0.258 e. The first-order chi connectivity index (χ1) is 11.2. The number of fused-ring (bicyclic) bond motifs is 1. The quantitative estimate of drug-likeness (QED) is 0.684. The Morgan fingerprint density at radius 3 is 2.52 bits per heavy atom. The van der Waals surface area contributed by atoms with Crippen molar-refractivity contribution < 1.29 is 0 Å². The van der Waals surface area contributed by atoms with Gasteiger partial charge in [-0.05, 0) is 36.1 Å². The molecule has 0 aliphatic carbocycles. The molecule has 0 saturated carbocycles. The molecule has 0 saturated heterocycles. The minimum Gasteiger partial charge on any atom is -0.308 e. The van der Waals surface area contributed by atoms with Crippen LogP contribution >= 0.6 is 0 Å². The zero-order chi connectivity index (χ0) is 16.2. The van der Waals surface area contributed by atoms with Gasteiger partial charge in [-0.3, -0.25) is 4.79 Å². The highest BCUT2D eigenvalue weighted by molar-refractivity contribution is 5.91. The molecule has 0 aliphatic heterocycles. The third kappa shape index (κ3) is 2.79. The van der Waals surface area contributed by atoms with Crippen molar-refractivity contribution >= 4 is 22.6 Å². The SMILES string of the molecule is CCn1c(=O)c(/C=C(\C#N)c2ccccc2)cc2ccccc21. The number of hydrogen-bond acceptors (Lipinski definition) is 2. The summed E-state index contributed by atoms with van der Waals surface area (Å²) in [4.78, 5) is 12.7. The Balaban J connectivity index is 2.24. The van der Waals surface area contributed by atoms with Crippen LogP contribution in [-0.4, -0.2) is 4.57 Å². The molecule has 0 fully saturated rings. The summed E-state index contributed by atoms with van der Waals surface area (Å²) in [6.07, 6.45) is 1.68. The van der Waals surface area contributed by atoms with Crippen molar-refractivity contribution in [1.82, 2.24) is 4.57 Å². The fourth-order valence-corrected chi connectivity index (χ4v) is 2.72. The zero-order valence-corrected chi connectivity index (χ0v) is 12.9. The molecule has 0 N–H and O–H groups in total. The third-order valence-electron chi connectivity index (χ3n) is 3.85. The van der Waals surface area contributed by atoms with Crippen molar-refractivity contribution in [1.29, 1.82) is 5.26 Å². The van der Waals surface area contributed by atoms with Crippen molar-refractivity contribution in [3.63, 3.8) is 0 Å². The maximum absolute atomic E-state index is 12.7. The molecule has 0 aliphatic rings. The molecule has 1 heterocycles. The van der Waals surface area contributed by atoms with Crippen molar-refractivity contribution in [3.05, 3.63) is 82.1 Å². The highest BCUT2D eigenvalue weighted by atomic mass is 16.1. The molecule has 0 unspecified atom stereocenters. The third-order valence-corrected chi connectivity index (χ3v) is 3.85. The molecule has 3 heteroatoms. The van der Waals surface area contributed by atoms with E-state index in [0.29, 0.717) is 17.7 Å². The van der Waals surface area contributed by atoms with Gasteiger partial charge in [0.05, 0.1) is 17.2 Å². The largest absolute Gasteiger partial charge is 0.308 e. The molecular formula is C20H16N2O. The van der Waals surface area contributed by atoms with Crippen LogP contribution in [0, 0.1) is 11.3 Å². The van der Waals surface area contributed by atoms with Crippen molar-refractivity contribution in [3.8, 4) is 6.07 Å². The van der Waals surface area contributed by atoms with E-state index in [2.05, 4.69) is 6.07 Å². The van der Waals surface area contributed by atoms with Gasteiger partial charge in [0, 0.05) is 12.1 Å². The van der Waals surface area contributed by atoms with Gasteiger partial charge in [-0.1, -0.05) is 48.5 Å². The first-order valence-corrected chi connectivity index (χ1v) is 7.54. The van der Waals surface area contributed by atoms with Gasteiger partial charge in [0.2, 0.25) is 0 Å². The van der Waals surface area contributed by atoms with Gasteiger partial charge in [-0.25, -0.2) is 0 Å². The molecule has 0 radical (unpaired) electrons. The van der Waals surface area contributed by atoms with E-state index in [1.807, 2.05) is 67.6 Å². The highest BCUT2D eigenvalue weighted by Crippen LogP contribution is 2.19. The second-order valence-corrected chi connectivity index (χ2v) is 5.24. The fourth-order valence-electron chi connectivity index (χ4n) is 2.72. The summed E-state index contributed by atoms with van der Waals surface area (Å²) in [7, 11) is 0. The Morgan fingerprint density at radius 2 is 1.83 bits per heavy atom. The second kappa shape index (κ2) is 6.33. The molecule has 3 aromatic rings. The average molecular weight is 300 g/mol. The van der Waals surface area contributed by atoms with Crippen LogP contribution < -0.4 is 5.56 Å². The summed E-state index contributed by atoms with van der Waals surface area (Å²) < 4.78 is 1.74. The van der Waals surface area contributed by atoms with Gasteiger partial charge >= 0.3 is 0 Å².